The van der Waals surface area contributed by atoms with Crippen LogP contribution in [0.1, 0.15) is 32.3 Å². The van der Waals surface area contributed by atoms with E-state index in [1.54, 1.807) is 7.11 Å². The van der Waals surface area contributed by atoms with Gasteiger partial charge in [0.05, 0.1) is 17.3 Å². The highest BCUT2D eigenvalue weighted by Crippen LogP contribution is 2.37. The Balaban J connectivity index is 2.02. The molecule has 112 valence electrons. The quantitative estimate of drug-likeness (QED) is 0.814. The van der Waals surface area contributed by atoms with Gasteiger partial charge in [0.1, 0.15) is 0 Å². The van der Waals surface area contributed by atoms with Crippen LogP contribution < -0.4 is 10.2 Å². The second kappa shape index (κ2) is 6.79. The van der Waals surface area contributed by atoms with Gasteiger partial charge in [-0.2, -0.15) is 0 Å². The standard InChI is InChI=1S/C16H25ClN2O/c1-16(2)7-4-9-19(16)15-6-5-13(11-14(15)17)12-18-8-10-20-3/h5-6,11,18H,4,7-10,12H2,1-3H3. The summed E-state index contributed by atoms with van der Waals surface area (Å²) >= 11 is 6.48. The zero-order valence-corrected chi connectivity index (χ0v) is 13.5. The monoisotopic (exact) mass is 296 g/mol. The van der Waals surface area contributed by atoms with Crippen LogP contribution in [0.4, 0.5) is 5.69 Å². The van der Waals surface area contributed by atoms with Crippen molar-refractivity contribution < 1.29 is 4.74 Å². The highest BCUT2D eigenvalue weighted by molar-refractivity contribution is 6.33. The first-order chi connectivity index (χ1) is 9.54. The van der Waals surface area contributed by atoms with Gasteiger partial charge in [0.2, 0.25) is 0 Å². The summed E-state index contributed by atoms with van der Waals surface area (Å²) in [6.07, 6.45) is 2.47. The molecule has 1 aromatic rings. The minimum absolute atomic E-state index is 0.210. The minimum Gasteiger partial charge on any atom is -0.383 e. The number of nitrogens with one attached hydrogen (secondary N) is 1. The predicted octanol–water partition coefficient (Wildman–Crippen LogP) is 3.45. The number of anilines is 1. The zero-order chi connectivity index (χ0) is 14.6. The highest BCUT2D eigenvalue weighted by atomic mass is 35.5. The second-order valence-corrected chi connectivity index (χ2v) is 6.43. The number of hydrogen-bond donors (Lipinski definition) is 1. The Bertz CT molecular complexity index is 448. The van der Waals surface area contributed by atoms with Gasteiger partial charge in [-0.1, -0.05) is 17.7 Å². The molecule has 0 radical (unpaired) electrons. The summed E-state index contributed by atoms with van der Waals surface area (Å²) in [4.78, 5) is 2.43. The van der Waals surface area contributed by atoms with Crippen LogP contribution in [0.5, 0.6) is 0 Å². The predicted molar refractivity (Wildman–Crippen MR) is 85.7 cm³/mol. The molecule has 1 N–H and O–H groups in total. The number of methoxy groups -OCH3 is 1. The number of halogens is 1. The van der Waals surface area contributed by atoms with E-state index in [1.807, 2.05) is 0 Å². The molecule has 1 saturated heterocycles. The molecule has 0 saturated carbocycles. The van der Waals surface area contributed by atoms with Crippen LogP contribution in [0.3, 0.4) is 0 Å². The Morgan fingerprint density at radius 2 is 2.20 bits per heavy atom. The molecule has 20 heavy (non-hydrogen) atoms. The van der Waals surface area contributed by atoms with Crippen molar-refractivity contribution in [3.05, 3.63) is 28.8 Å². The molecule has 0 atom stereocenters. The summed E-state index contributed by atoms with van der Waals surface area (Å²) in [6, 6.07) is 6.39. The number of ether oxygens (including phenoxy) is 1. The first kappa shape index (κ1) is 15.6. The fourth-order valence-corrected chi connectivity index (χ4v) is 3.15. The van der Waals surface area contributed by atoms with Gasteiger partial charge < -0.3 is 15.0 Å². The SMILES string of the molecule is COCCNCc1ccc(N2CCCC2(C)C)c(Cl)c1. The van der Waals surface area contributed by atoms with E-state index >= 15 is 0 Å². The largest absolute Gasteiger partial charge is 0.383 e. The molecule has 3 nitrogen and oxygen atoms in total. The van der Waals surface area contributed by atoms with Gasteiger partial charge in [0, 0.05) is 32.3 Å². The third kappa shape index (κ3) is 3.66. The molecule has 0 aliphatic carbocycles. The summed E-state index contributed by atoms with van der Waals surface area (Å²) in [5.74, 6) is 0. The maximum Gasteiger partial charge on any atom is 0.0642 e. The normalized spacial score (nSPS) is 17.7. The number of rotatable bonds is 6. The van der Waals surface area contributed by atoms with Crippen molar-refractivity contribution in [1.82, 2.24) is 5.32 Å². The Morgan fingerprint density at radius 3 is 2.80 bits per heavy atom. The molecule has 1 heterocycles. The number of benzene rings is 1. The molecule has 1 aromatic carbocycles. The summed E-state index contributed by atoms with van der Waals surface area (Å²) in [5.41, 5.74) is 2.59. The fourth-order valence-electron chi connectivity index (χ4n) is 2.84. The van der Waals surface area contributed by atoms with Gasteiger partial charge >= 0.3 is 0 Å². The van der Waals surface area contributed by atoms with Crippen molar-refractivity contribution in [3.63, 3.8) is 0 Å². The van der Waals surface area contributed by atoms with Gasteiger partial charge in [0.15, 0.2) is 0 Å². The Labute approximate surface area is 127 Å². The molecular weight excluding hydrogens is 272 g/mol. The van der Waals surface area contributed by atoms with Crippen LogP contribution in [0, 0.1) is 0 Å². The van der Waals surface area contributed by atoms with Crippen LogP contribution in [0.2, 0.25) is 5.02 Å². The van der Waals surface area contributed by atoms with Crippen molar-refractivity contribution in [3.8, 4) is 0 Å². The highest BCUT2D eigenvalue weighted by Gasteiger charge is 2.32. The third-order valence-corrected chi connectivity index (χ3v) is 4.32. The molecule has 2 rings (SSSR count). The van der Waals surface area contributed by atoms with Crippen molar-refractivity contribution >= 4 is 17.3 Å². The Kier molecular flexibility index (Phi) is 5.30. The van der Waals surface area contributed by atoms with Crippen molar-refractivity contribution in [1.29, 1.82) is 0 Å². The van der Waals surface area contributed by atoms with Crippen molar-refractivity contribution in [2.24, 2.45) is 0 Å². The lowest BCUT2D eigenvalue weighted by molar-refractivity contribution is 0.199. The van der Waals surface area contributed by atoms with Gasteiger partial charge in [-0.05, 0) is 44.4 Å². The van der Waals surface area contributed by atoms with E-state index in [4.69, 9.17) is 16.3 Å². The zero-order valence-electron chi connectivity index (χ0n) is 12.7. The Hall–Kier alpha value is -0.770. The van der Waals surface area contributed by atoms with Crippen LogP contribution in [-0.2, 0) is 11.3 Å². The maximum absolute atomic E-state index is 6.48. The molecular formula is C16H25ClN2O. The summed E-state index contributed by atoms with van der Waals surface area (Å²) in [6.45, 7) is 8.08. The smallest absolute Gasteiger partial charge is 0.0642 e. The first-order valence-electron chi connectivity index (χ1n) is 7.30. The van der Waals surface area contributed by atoms with Gasteiger partial charge in [-0.3, -0.25) is 0 Å². The van der Waals surface area contributed by atoms with Gasteiger partial charge in [-0.15, -0.1) is 0 Å². The average molecular weight is 297 g/mol. The lowest BCUT2D eigenvalue weighted by Crippen LogP contribution is -2.38. The molecule has 0 spiro atoms. The van der Waals surface area contributed by atoms with E-state index in [2.05, 4.69) is 42.3 Å². The topological polar surface area (TPSA) is 24.5 Å². The Morgan fingerprint density at radius 1 is 1.40 bits per heavy atom. The van der Waals surface area contributed by atoms with Gasteiger partial charge in [-0.25, -0.2) is 0 Å². The third-order valence-electron chi connectivity index (χ3n) is 4.02. The van der Waals surface area contributed by atoms with E-state index in [-0.39, 0.29) is 5.54 Å². The van der Waals surface area contributed by atoms with E-state index in [0.717, 1.165) is 37.0 Å². The first-order valence-corrected chi connectivity index (χ1v) is 7.68. The van der Waals surface area contributed by atoms with E-state index < -0.39 is 0 Å². The summed E-state index contributed by atoms with van der Waals surface area (Å²) in [7, 11) is 1.71. The molecule has 1 fully saturated rings. The molecule has 0 aromatic heterocycles. The number of hydrogen-bond acceptors (Lipinski definition) is 3. The maximum atomic E-state index is 6.48. The van der Waals surface area contributed by atoms with E-state index in [0.29, 0.717) is 0 Å². The summed E-state index contributed by atoms with van der Waals surface area (Å²) in [5, 5.41) is 4.19. The molecule has 4 heteroatoms. The van der Waals surface area contributed by atoms with Crippen LogP contribution in [0.15, 0.2) is 18.2 Å². The molecule has 1 aliphatic rings. The second-order valence-electron chi connectivity index (χ2n) is 6.02. The fraction of sp³-hybridized carbons (Fsp3) is 0.625. The molecule has 0 amide bonds. The molecule has 0 bridgehead atoms. The van der Waals surface area contributed by atoms with Crippen LogP contribution >= 0.6 is 11.6 Å². The lowest BCUT2D eigenvalue weighted by atomic mass is 10.0. The van der Waals surface area contributed by atoms with Crippen LogP contribution in [0.25, 0.3) is 0 Å². The summed E-state index contributed by atoms with van der Waals surface area (Å²) < 4.78 is 5.02. The van der Waals surface area contributed by atoms with Crippen molar-refractivity contribution in [2.45, 2.75) is 38.8 Å². The van der Waals surface area contributed by atoms with E-state index in [1.165, 1.54) is 18.4 Å². The minimum atomic E-state index is 0.210. The lowest BCUT2D eigenvalue weighted by Gasteiger charge is -2.34. The molecule has 1 aliphatic heterocycles. The van der Waals surface area contributed by atoms with Gasteiger partial charge in [0.25, 0.3) is 0 Å². The van der Waals surface area contributed by atoms with E-state index in [9.17, 15) is 0 Å². The molecule has 0 unspecified atom stereocenters. The van der Waals surface area contributed by atoms with Crippen LogP contribution in [-0.4, -0.2) is 32.3 Å². The van der Waals surface area contributed by atoms with Crippen molar-refractivity contribution in [2.75, 3.05) is 31.7 Å². The number of nitrogens with zero attached hydrogens (tertiary/aromatic N) is 1. The average Bonchev–Trinajstić information content (AvgIpc) is 2.75.